The van der Waals surface area contributed by atoms with E-state index in [9.17, 15) is 8.42 Å². The van der Waals surface area contributed by atoms with Gasteiger partial charge in [0.25, 0.3) is 10.1 Å². The van der Waals surface area contributed by atoms with Crippen LogP contribution in [0, 0.1) is 0 Å². The first-order chi connectivity index (χ1) is 7.16. The summed E-state index contributed by atoms with van der Waals surface area (Å²) in [5.74, 6) is -0.103. The third-order valence-electron chi connectivity index (χ3n) is 2.10. The van der Waals surface area contributed by atoms with Gasteiger partial charge >= 0.3 is 0 Å². The first-order valence-electron chi connectivity index (χ1n) is 4.72. The molecule has 1 fully saturated rings. The molecular formula is C10H12O4S. The molecule has 1 saturated heterocycles. The van der Waals surface area contributed by atoms with Crippen LogP contribution >= 0.6 is 0 Å². The normalized spacial score (nSPS) is 20.9. The van der Waals surface area contributed by atoms with Crippen molar-refractivity contribution in [1.29, 1.82) is 0 Å². The van der Waals surface area contributed by atoms with Gasteiger partial charge in [0, 0.05) is 6.42 Å². The summed E-state index contributed by atoms with van der Waals surface area (Å²) in [6, 6.07) is 8.94. The minimum Gasteiger partial charge on any atom is -0.351 e. The summed E-state index contributed by atoms with van der Waals surface area (Å²) in [6.45, 7) is 0.575. The molecule has 0 aliphatic carbocycles. The largest absolute Gasteiger partial charge is 0.351 e. The van der Waals surface area contributed by atoms with Gasteiger partial charge in [-0.25, -0.2) is 4.18 Å². The van der Waals surface area contributed by atoms with Gasteiger partial charge in [-0.2, -0.15) is 8.42 Å². The highest BCUT2D eigenvalue weighted by atomic mass is 32.2. The zero-order chi connectivity index (χ0) is 10.7. The summed E-state index contributed by atoms with van der Waals surface area (Å²) >= 11 is 0. The van der Waals surface area contributed by atoms with E-state index in [0.717, 1.165) is 5.56 Å². The average Bonchev–Trinajstić information content (AvgIpc) is 2.13. The lowest BCUT2D eigenvalue weighted by Crippen LogP contribution is -2.32. The molecule has 1 unspecified atom stereocenters. The smallest absolute Gasteiger partial charge is 0.274 e. The first-order valence-corrected chi connectivity index (χ1v) is 6.30. The van der Waals surface area contributed by atoms with Crippen LogP contribution in [-0.2, 0) is 24.8 Å². The van der Waals surface area contributed by atoms with E-state index in [4.69, 9.17) is 8.92 Å². The second kappa shape index (κ2) is 4.30. The number of hydrogen-bond donors (Lipinski definition) is 0. The van der Waals surface area contributed by atoms with Crippen LogP contribution in [0.25, 0.3) is 0 Å². The molecule has 15 heavy (non-hydrogen) atoms. The monoisotopic (exact) mass is 228 g/mol. The van der Waals surface area contributed by atoms with Crippen LogP contribution < -0.4 is 0 Å². The molecule has 0 amide bonds. The molecule has 0 N–H and O–H groups in total. The zero-order valence-electron chi connectivity index (χ0n) is 8.13. The summed E-state index contributed by atoms with van der Waals surface area (Å²) in [4.78, 5) is 0. The molecule has 1 atom stereocenters. The van der Waals surface area contributed by atoms with Gasteiger partial charge in [0.2, 0.25) is 0 Å². The van der Waals surface area contributed by atoms with Crippen molar-refractivity contribution in [2.45, 2.75) is 18.5 Å². The average molecular weight is 228 g/mol. The highest BCUT2D eigenvalue weighted by molar-refractivity contribution is 7.85. The zero-order valence-corrected chi connectivity index (χ0v) is 8.94. The van der Waals surface area contributed by atoms with E-state index >= 15 is 0 Å². The molecule has 82 valence electrons. The molecule has 0 saturated carbocycles. The second-order valence-corrected chi connectivity index (χ2v) is 4.97. The Labute approximate surface area is 88.9 Å². The number of hydrogen-bond acceptors (Lipinski definition) is 4. The molecule has 0 spiro atoms. The Morgan fingerprint density at radius 3 is 2.53 bits per heavy atom. The van der Waals surface area contributed by atoms with Gasteiger partial charge < -0.3 is 4.74 Å². The van der Waals surface area contributed by atoms with Crippen LogP contribution in [0.5, 0.6) is 0 Å². The molecule has 1 aromatic rings. The fourth-order valence-corrected chi connectivity index (χ4v) is 2.41. The van der Waals surface area contributed by atoms with Crippen LogP contribution in [0.3, 0.4) is 0 Å². The Bertz CT molecular complexity index is 408. The maximum Gasteiger partial charge on any atom is 0.274 e. The lowest BCUT2D eigenvalue weighted by Gasteiger charge is -2.25. The molecule has 0 radical (unpaired) electrons. The Kier molecular flexibility index (Phi) is 3.04. The predicted molar refractivity (Wildman–Crippen MR) is 54.5 cm³/mol. The standard InChI is InChI=1S/C10H12O4S/c11-15(12,14-10-6-7-13-10)8-9-4-2-1-3-5-9/h1-5,10H,6-8H2. The van der Waals surface area contributed by atoms with Gasteiger partial charge in [0.05, 0.1) is 6.61 Å². The first kappa shape index (κ1) is 10.6. The van der Waals surface area contributed by atoms with E-state index in [1.807, 2.05) is 6.07 Å². The molecule has 2 rings (SSSR count). The summed E-state index contributed by atoms with van der Waals surface area (Å²) in [5, 5.41) is 0. The predicted octanol–water partition coefficient (Wildman–Crippen LogP) is 1.28. The highest BCUT2D eigenvalue weighted by Gasteiger charge is 2.25. The fraction of sp³-hybridized carbons (Fsp3) is 0.400. The topological polar surface area (TPSA) is 52.6 Å². The van der Waals surface area contributed by atoms with E-state index < -0.39 is 16.4 Å². The number of ether oxygens (including phenoxy) is 1. The highest BCUT2D eigenvalue weighted by Crippen LogP contribution is 2.17. The van der Waals surface area contributed by atoms with Crippen molar-refractivity contribution in [3.05, 3.63) is 35.9 Å². The molecule has 4 nitrogen and oxygen atoms in total. The van der Waals surface area contributed by atoms with E-state index in [2.05, 4.69) is 0 Å². The third kappa shape index (κ3) is 3.02. The van der Waals surface area contributed by atoms with E-state index in [1.165, 1.54) is 0 Å². The SMILES string of the molecule is O=S(=O)(Cc1ccccc1)OC1CCO1. The molecule has 1 aromatic carbocycles. The Balaban J connectivity index is 1.98. The lowest BCUT2D eigenvalue weighted by molar-refractivity contribution is -0.162. The third-order valence-corrected chi connectivity index (χ3v) is 3.29. The van der Waals surface area contributed by atoms with Crippen molar-refractivity contribution < 1.29 is 17.3 Å². The van der Waals surface area contributed by atoms with E-state index in [0.29, 0.717) is 13.0 Å². The van der Waals surface area contributed by atoms with Crippen LogP contribution in [0.4, 0.5) is 0 Å². The van der Waals surface area contributed by atoms with Gasteiger partial charge in [-0.05, 0) is 5.56 Å². The molecule has 5 heteroatoms. The van der Waals surface area contributed by atoms with Gasteiger partial charge in [-0.1, -0.05) is 30.3 Å². The quantitative estimate of drug-likeness (QED) is 0.728. The molecule has 1 aliphatic heterocycles. The molecule has 0 aromatic heterocycles. The minimum absolute atomic E-state index is 0.103. The van der Waals surface area contributed by atoms with Crippen molar-refractivity contribution >= 4 is 10.1 Å². The molecular weight excluding hydrogens is 216 g/mol. The maximum atomic E-state index is 11.5. The van der Waals surface area contributed by atoms with Crippen LogP contribution in [0.1, 0.15) is 12.0 Å². The second-order valence-electron chi connectivity index (χ2n) is 3.37. The minimum atomic E-state index is -3.52. The summed E-state index contributed by atoms with van der Waals surface area (Å²) in [6.07, 6.45) is 0.0762. The summed E-state index contributed by atoms with van der Waals surface area (Å²) in [5.41, 5.74) is 0.719. The molecule has 1 aliphatic rings. The van der Waals surface area contributed by atoms with Gasteiger partial charge in [-0.3, -0.25) is 0 Å². The number of rotatable bonds is 4. The Morgan fingerprint density at radius 2 is 2.00 bits per heavy atom. The van der Waals surface area contributed by atoms with E-state index in [-0.39, 0.29) is 5.75 Å². The fourth-order valence-electron chi connectivity index (χ4n) is 1.27. The van der Waals surface area contributed by atoms with Crippen molar-refractivity contribution in [3.8, 4) is 0 Å². The van der Waals surface area contributed by atoms with Crippen LogP contribution in [0.2, 0.25) is 0 Å². The van der Waals surface area contributed by atoms with Crippen molar-refractivity contribution in [1.82, 2.24) is 0 Å². The van der Waals surface area contributed by atoms with Gasteiger partial charge in [0.1, 0.15) is 5.75 Å². The maximum absolute atomic E-state index is 11.5. The summed E-state index contributed by atoms with van der Waals surface area (Å²) in [7, 11) is -3.52. The lowest BCUT2D eigenvalue weighted by atomic mass is 10.2. The van der Waals surface area contributed by atoms with Crippen molar-refractivity contribution in [2.24, 2.45) is 0 Å². The Morgan fingerprint density at radius 1 is 1.33 bits per heavy atom. The number of benzene rings is 1. The van der Waals surface area contributed by atoms with Crippen LogP contribution in [0.15, 0.2) is 30.3 Å². The van der Waals surface area contributed by atoms with Crippen molar-refractivity contribution in [3.63, 3.8) is 0 Å². The van der Waals surface area contributed by atoms with Crippen molar-refractivity contribution in [2.75, 3.05) is 6.61 Å². The summed E-state index contributed by atoms with van der Waals surface area (Å²) < 4.78 is 32.7. The molecule has 0 bridgehead atoms. The molecule has 1 heterocycles. The van der Waals surface area contributed by atoms with Crippen LogP contribution in [-0.4, -0.2) is 21.3 Å². The van der Waals surface area contributed by atoms with E-state index in [1.54, 1.807) is 24.3 Å². The van der Waals surface area contributed by atoms with Gasteiger partial charge in [0.15, 0.2) is 6.29 Å². The van der Waals surface area contributed by atoms with Gasteiger partial charge in [-0.15, -0.1) is 0 Å². The Hall–Kier alpha value is -0.910.